The second kappa shape index (κ2) is 11.6. The smallest absolute Gasteiger partial charge is 0.234 e. The molecule has 0 radical (unpaired) electrons. The number of likely N-dealkylation sites (tertiary alicyclic amines) is 1. The van der Waals surface area contributed by atoms with Gasteiger partial charge in [0.1, 0.15) is 5.75 Å². The molecule has 0 spiro atoms. The van der Waals surface area contributed by atoms with E-state index >= 15 is 0 Å². The summed E-state index contributed by atoms with van der Waals surface area (Å²) in [6, 6.07) is 7.99. The molecule has 1 aliphatic carbocycles. The third-order valence-corrected chi connectivity index (χ3v) is 6.18. The Hall–Kier alpha value is -1.59. The molecule has 1 amide bonds. The van der Waals surface area contributed by atoms with Crippen LogP contribution in [0.3, 0.4) is 0 Å². The second-order valence-corrected chi connectivity index (χ2v) is 8.37. The number of para-hydroxylation sites is 1. The lowest BCUT2D eigenvalue weighted by Gasteiger charge is -2.34. The molecule has 1 heterocycles. The number of carbonyl (C=O) groups excluding carboxylic acids is 1. The van der Waals surface area contributed by atoms with Gasteiger partial charge in [0.05, 0.1) is 31.4 Å². The monoisotopic (exact) mass is 402 g/mol. The maximum atomic E-state index is 12.7. The van der Waals surface area contributed by atoms with Crippen molar-refractivity contribution in [3.8, 4) is 5.75 Å². The number of piperidine rings is 1. The van der Waals surface area contributed by atoms with E-state index in [1.807, 2.05) is 31.2 Å². The second-order valence-electron chi connectivity index (χ2n) is 8.37. The van der Waals surface area contributed by atoms with Crippen LogP contribution in [0.1, 0.15) is 76.8 Å². The minimum atomic E-state index is -0.0163. The minimum Gasteiger partial charge on any atom is -0.494 e. The number of nitrogens with one attached hydrogen (secondary N) is 1. The summed E-state index contributed by atoms with van der Waals surface area (Å²) in [4.78, 5) is 15.0. The summed E-state index contributed by atoms with van der Waals surface area (Å²) >= 11 is 0. The van der Waals surface area contributed by atoms with Crippen molar-refractivity contribution in [1.82, 2.24) is 10.2 Å². The third kappa shape index (κ3) is 6.71. The fourth-order valence-electron chi connectivity index (χ4n) is 4.57. The SMILES string of the molecule is CCOc1ccccc1C(CC)NC(=O)CN1CCC(OC2CCCCC2)CC1. The maximum absolute atomic E-state index is 12.7. The summed E-state index contributed by atoms with van der Waals surface area (Å²) in [6.07, 6.45) is 10.2. The van der Waals surface area contributed by atoms with Crippen LogP contribution in [0.2, 0.25) is 0 Å². The Morgan fingerprint density at radius 1 is 1.07 bits per heavy atom. The number of nitrogens with zero attached hydrogens (tertiary/aromatic N) is 1. The lowest BCUT2D eigenvalue weighted by Crippen LogP contribution is -2.44. The van der Waals surface area contributed by atoms with Crippen molar-refractivity contribution in [2.24, 2.45) is 0 Å². The zero-order chi connectivity index (χ0) is 20.5. The number of carbonyl (C=O) groups is 1. The van der Waals surface area contributed by atoms with Crippen LogP contribution in [0.25, 0.3) is 0 Å². The molecular formula is C24H38N2O3. The third-order valence-electron chi connectivity index (χ3n) is 6.18. The van der Waals surface area contributed by atoms with Gasteiger partial charge in [-0.1, -0.05) is 44.4 Å². The van der Waals surface area contributed by atoms with Gasteiger partial charge < -0.3 is 14.8 Å². The molecule has 5 nitrogen and oxygen atoms in total. The maximum Gasteiger partial charge on any atom is 0.234 e. The normalized spacial score (nSPS) is 20.3. The van der Waals surface area contributed by atoms with Crippen molar-refractivity contribution in [1.29, 1.82) is 0 Å². The fourth-order valence-corrected chi connectivity index (χ4v) is 4.57. The number of ether oxygens (including phenoxy) is 2. The van der Waals surface area contributed by atoms with Crippen LogP contribution in [0.15, 0.2) is 24.3 Å². The predicted octanol–water partition coefficient (Wildman–Crippen LogP) is 4.47. The molecule has 162 valence electrons. The van der Waals surface area contributed by atoms with Gasteiger partial charge in [-0.15, -0.1) is 0 Å². The van der Waals surface area contributed by atoms with Gasteiger partial charge >= 0.3 is 0 Å². The molecular weight excluding hydrogens is 364 g/mol. The molecule has 1 aliphatic heterocycles. The summed E-state index contributed by atoms with van der Waals surface area (Å²) in [5, 5.41) is 3.21. The van der Waals surface area contributed by atoms with E-state index in [-0.39, 0.29) is 11.9 Å². The molecule has 1 N–H and O–H groups in total. The highest BCUT2D eigenvalue weighted by molar-refractivity contribution is 5.78. The van der Waals surface area contributed by atoms with Gasteiger partial charge in [0.2, 0.25) is 5.91 Å². The van der Waals surface area contributed by atoms with E-state index in [2.05, 4.69) is 17.1 Å². The van der Waals surface area contributed by atoms with Crippen LogP contribution >= 0.6 is 0 Å². The summed E-state index contributed by atoms with van der Waals surface area (Å²) in [7, 11) is 0. The first-order valence-corrected chi connectivity index (χ1v) is 11.6. The Morgan fingerprint density at radius 3 is 2.45 bits per heavy atom. The summed E-state index contributed by atoms with van der Waals surface area (Å²) in [5.74, 6) is 0.956. The topological polar surface area (TPSA) is 50.8 Å². The molecule has 1 saturated heterocycles. The quantitative estimate of drug-likeness (QED) is 0.662. The van der Waals surface area contributed by atoms with E-state index in [0.29, 0.717) is 25.4 Å². The van der Waals surface area contributed by atoms with E-state index in [9.17, 15) is 4.79 Å². The number of amides is 1. The van der Waals surface area contributed by atoms with Crippen LogP contribution in [-0.2, 0) is 9.53 Å². The lowest BCUT2D eigenvalue weighted by atomic mass is 9.97. The molecule has 2 aliphatic rings. The number of hydrogen-bond acceptors (Lipinski definition) is 4. The zero-order valence-corrected chi connectivity index (χ0v) is 18.2. The molecule has 1 saturated carbocycles. The highest BCUT2D eigenvalue weighted by atomic mass is 16.5. The molecule has 2 fully saturated rings. The molecule has 5 heteroatoms. The Morgan fingerprint density at radius 2 is 1.76 bits per heavy atom. The van der Waals surface area contributed by atoms with E-state index in [1.54, 1.807) is 0 Å². The van der Waals surface area contributed by atoms with E-state index in [1.165, 1.54) is 32.1 Å². The summed E-state index contributed by atoms with van der Waals surface area (Å²) in [5.41, 5.74) is 1.06. The molecule has 29 heavy (non-hydrogen) atoms. The van der Waals surface area contributed by atoms with Gasteiger partial charge in [0, 0.05) is 18.7 Å². The van der Waals surface area contributed by atoms with Crippen molar-refractivity contribution >= 4 is 5.91 Å². The van der Waals surface area contributed by atoms with Crippen molar-refractivity contribution < 1.29 is 14.3 Å². The molecule has 1 unspecified atom stereocenters. The first-order chi connectivity index (χ1) is 14.2. The molecule has 3 rings (SSSR count). The van der Waals surface area contributed by atoms with E-state index in [0.717, 1.165) is 43.7 Å². The van der Waals surface area contributed by atoms with Gasteiger partial charge in [-0.05, 0) is 45.1 Å². The van der Waals surface area contributed by atoms with Crippen LogP contribution in [-0.4, -0.2) is 49.3 Å². The minimum absolute atomic E-state index is 0.0163. The average molecular weight is 403 g/mol. The van der Waals surface area contributed by atoms with Crippen LogP contribution in [0.4, 0.5) is 0 Å². The Kier molecular flexibility index (Phi) is 8.81. The predicted molar refractivity (Wildman–Crippen MR) is 116 cm³/mol. The van der Waals surface area contributed by atoms with Gasteiger partial charge in [-0.25, -0.2) is 0 Å². The zero-order valence-electron chi connectivity index (χ0n) is 18.2. The Balaban J connectivity index is 1.44. The Bertz CT molecular complexity index is 622. The first-order valence-electron chi connectivity index (χ1n) is 11.6. The van der Waals surface area contributed by atoms with Crippen molar-refractivity contribution in [3.63, 3.8) is 0 Å². The lowest BCUT2D eigenvalue weighted by molar-refractivity contribution is -0.124. The summed E-state index contributed by atoms with van der Waals surface area (Å²) in [6.45, 7) is 7.05. The van der Waals surface area contributed by atoms with Crippen LogP contribution in [0.5, 0.6) is 5.75 Å². The van der Waals surface area contributed by atoms with Crippen LogP contribution < -0.4 is 10.1 Å². The van der Waals surface area contributed by atoms with Crippen LogP contribution in [0, 0.1) is 0 Å². The molecule has 0 aromatic heterocycles. The standard InChI is InChI=1S/C24H38N2O3/c1-3-22(21-12-8-9-13-23(21)28-4-2)25-24(27)18-26-16-14-20(15-17-26)29-19-10-6-5-7-11-19/h8-9,12-13,19-20,22H,3-7,10-11,14-18H2,1-2H3,(H,25,27). The van der Waals surface area contributed by atoms with Gasteiger partial charge in [0.25, 0.3) is 0 Å². The first kappa shape index (κ1) is 22.1. The van der Waals surface area contributed by atoms with E-state index < -0.39 is 0 Å². The van der Waals surface area contributed by atoms with Gasteiger partial charge in [0.15, 0.2) is 0 Å². The van der Waals surface area contributed by atoms with Crippen molar-refractivity contribution in [2.75, 3.05) is 26.2 Å². The molecule has 1 aromatic rings. The Labute approximate surface area is 176 Å². The largest absolute Gasteiger partial charge is 0.494 e. The summed E-state index contributed by atoms with van der Waals surface area (Å²) < 4.78 is 12.1. The highest BCUT2D eigenvalue weighted by Gasteiger charge is 2.25. The number of rotatable bonds is 9. The number of benzene rings is 1. The fraction of sp³-hybridized carbons (Fsp3) is 0.708. The highest BCUT2D eigenvalue weighted by Crippen LogP contribution is 2.27. The van der Waals surface area contributed by atoms with Crippen molar-refractivity contribution in [2.45, 2.75) is 83.5 Å². The average Bonchev–Trinajstić information content (AvgIpc) is 2.75. The number of hydrogen-bond donors (Lipinski definition) is 1. The molecule has 0 bridgehead atoms. The van der Waals surface area contributed by atoms with E-state index in [4.69, 9.17) is 9.47 Å². The van der Waals surface area contributed by atoms with Crippen molar-refractivity contribution in [3.05, 3.63) is 29.8 Å². The van der Waals surface area contributed by atoms with Gasteiger partial charge in [-0.3, -0.25) is 9.69 Å². The molecule has 1 aromatic carbocycles. The molecule has 1 atom stereocenters. The van der Waals surface area contributed by atoms with Gasteiger partial charge in [-0.2, -0.15) is 0 Å².